The summed E-state index contributed by atoms with van der Waals surface area (Å²) < 4.78 is 19.0. The van der Waals surface area contributed by atoms with Crippen LogP contribution in [0.4, 0.5) is 10.1 Å². The van der Waals surface area contributed by atoms with Gasteiger partial charge in [0, 0.05) is 30.1 Å². The van der Waals surface area contributed by atoms with Crippen molar-refractivity contribution in [2.45, 2.75) is 32.9 Å². The monoisotopic (exact) mass is 391 g/mol. The van der Waals surface area contributed by atoms with Gasteiger partial charge in [-0.1, -0.05) is 38.1 Å². The Balaban J connectivity index is 0.000000298. The van der Waals surface area contributed by atoms with Crippen molar-refractivity contribution in [3.05, 3.63) is 59.3 Å². The summed E-state index contributed by atoms with van der Waals surface area (Å²) in [5, 5.41) is 5.54. The van der Waals surface area contributed by atoms with Crippen LogP contribution in [0.5, 0.6) is 0 Å². The van der Waals surface area contributed by atoms with E-state index in [1.54, 1.807) is 7.05 Å². The summed E-state index contributed by atoms with van der Waals surface area (Å²) in [6.45, 7) is 6.03. The molecule has 1 unspecified atom stereocenters. The summed E-state index contributed by atoms with van der Waals surface area (Å²) in [4.78, 5) is 6.39. The molecule has 2 aliphatic heterocycles. The molecule has 0 amide bonds. The van der Waals surface area contributed by atoms with Gasteiger partial charge in [-0.25, -0.2) is 9.38 Å². The number of nitrogens with zero attached hydrogens (tertiary/aromatic N) is 3. The SMILES string of the molecule is CC(C)C1=CN=CN(c2ccc(F)c3ccccc23)C1.C[N-]C1CCCO1.[Na+]. The molecule has 0 N–H and O–H groups in total. The van der Waals surface area contributed by atoms with Crippen molar-refractivity contribution in [3.63, 3.8) is 0 Å². The standard InChI is InChI=1S/C17H17FN2.C5H10NO.Na/c1-12(2)13-9-19-11-20(10-13)17-8-7-16(18)14-5-3-4-6-15(14)17;1-6-5-3-2-4-7-5;/h3-9,11-12H,10H2,1-2H3;5H,2-4H2,1H3;/q;-1;+1. The van der Waals surface area contributed by atoms with Crippen LogP contribution < -0.4 is 34.5 Å². The molecule has 0 aromatic heterocycles. The zero-order valence-corrected chi connectivity index (χ0v) is 19.2. The molecule has 0 spiro atoms. The second kappa shape index (κ2) is 11.1. The van der Waals surface area contributed by atoms with E-state index >= 15 is 0 Å². The Morgan fingerprint density at radius 2 is 1.93 bits per heavy atom. The van der Waals surface area contributed by atoms with Crippen LogP contribution in [0, 0.1) is 11.7 Å². The van der Waals surface area contributed by atoms with E-state index in [0.29, 0.717) is 11.3 Å². The Bertz CT molecular complexity index is 832. The van der Waals surface area contributed by atoms with Crippen LogP contribution in [0.2, 0.25) is 0 Å². The number of aliphatic imine (C=N–C) groups is 1. The van der Waals surface area contributed by atoms with Gasteiger partial charge in [-0.15, -0.1) is 0 Å². The van der Waals surface area contributed by atoms with E-state index in [2.05, 4.69) is 29.1 Å². The van der Waals surface area contributed by atoms with Crippen molar-refractivity contribution in [1.29, 1.82) is 0 Å². The zero-order chi connectivity index (χ0) is 19.2. The predicted molar refractivity (Wildman–Crippen MR) is 111 cm³/mol. The van der Waals surface area contributed by atoms with Crippen molar-refractivity contribution in [2.75, 3.05) is 25.1 Å². The number of anilines is 1. The molecule has 1 atom stereocenters. The van der Waals surface area contributed by atoms with Crippen LogP contribution in [0.1, 0.15) is 26.7 Å². The molecule has 0 radical (unpaired) electrons. The van der Waals surface area contributed by atoms with Crippen LogP contribution in [0.15, 0.2) is 53.2 Å². The molecule has 6 heteroatoms. The van der Waals surface area contributed by atoms with E-state index in [9.17, 15) is 4.39 Å². The van der Waals surface area contributed by atoms with E-state index in [1.807, 2.05) is 42.9 Å². The summed E-state index contributed by atoms with van der Waals surface area (Å²) in [6.07, 6.45) is 6.26. The quantitative estimate of drug-likeness (QED) is 0.755. The molecule has 1 fully saturated rings. The third-order valence-corrected chi connectivity index (χ3v) is 4.89. The normalized spacial score (nSPS) is 18.5. The molecule has 28 heavy (non-hydrogen) atoms. The minimum absolute atomic E-state index is 0. The smallest absolute Gasteiger partial charge is 0.639 e. The summed E-state index contributed by atoms with van der Waals surface area (Å²) in [7, 11) is 1.80. The third-order valence-electron chi connectivity index (χ3n) is 4.89. The first kappa shape index (κ1) is 23.0. The maximum Gasteiger partial charge on any atom is 1.00 e. The molecule has 4 nitrogen and oxygen atoms in total. The maximum atomic E-state index is 13.9. The van der Waals surface area contributed by atoms with Crippen molar-refractivity contribution in [3.8, 4) is 0 Å². The van der Waals surface area contributed by atoms with Crippen molar-refractivity contribution >= 4 is 22.8 Å². The number of fused-ring (bicyclic) bond motifs is 1. The molecule has 144 valence electrons. The minimum atomic E-state index is -0.182. The third kappa shape index (κ3) is 5.65. The van der Waals surface area contributed by atoms with Crippen molar-refractivity contribution in [2.24, 2.45) is 10.9 Å². The van der Waals surface area contributed by atoms with Crippen LogP contribution in [0.3, 0.4) is 0 Å². The number of rotatable bonds is 3. The van der Waals surface area contributed by atoms with Gasteiger partial charge >= 0.3 is 29.6 Å². The molecule has 1 saturated heterocycles. The van der Waals surface area contributed by atoms with E-state index < -0.39 is 0 Å². The molecule has 2 aliphatic rings. The molecule has 0 saturated carbocycles. The fourth-order valence-corrected chi connectivity index (χ4v) is 3.23. The molecule has 0 bridgehead atoms. The molecular weight excluding hydrogens is 364 g/mol. The predicted octanol–water partition coefficient (Wildman–Crippen LogP) is 2.50. The molecule has 4 rings (SSSR count). The summed E-state index contributed by atoms with van der Waals surface area (Å²) >= 11 is 0. The minimum Gasteiger partial charge on any atom is -0.639 e. The molecule has 2 heterocycles. The molecular formula is C22H27FN3NaO. The van der Waals surface area contributed by atoms with E-state index in [1.165, 1.54) is 18.1 Å². The van der Waals surface area contributed by atoms with Gasteiger partial charge in [0.2, 0.25) is 0 Å². The van der Waals surface area contributed by atoms with Crippen LogP contribution in [-0.4, -0.2) is 32.8 Å². The number of halogens is 1. The second-order valence-electron chi connectivity index (χ2n) is 7.09. The average molecular weight is 391 g/mol. The van der Waals surface area contributed by atoms with Crippen LogP contribution in [-0.2, 0) is 4.74 Å². The van der Waals surface area contributed by atoms with E-state index in [4.69, 9.17) is 4.74 Å². The first-order valence-corrected chi connectivity index (χ1v) is 9.47. The van der Waals surface area contributed by atoms with Crippen LogP contribution in [0.25, 0.3) is 16.1 Å². The Labute approximate surface area is 189 Å². The van der Waals surface area contributed by atoms with E-state index in [-0.39, 0.29) is 41.6 Å². The van der Waals surface area contributed by atoms with Gasteiger partial charge in [0.15, 0.2) is 0 Å². The van der Waals surface area contributed by atoms with Gasteiger partial charge in [-0.05, 0) is 42.7 Å². The first-order chi connectivity index (χ1) is 13.1. The largest absolute Gasteiger partial charge is 1.00 e. The second-order valence-corrected chi connectivity index (χ2v) is 7.09. The zero-order valence-electron chi connectivity index (χ0n) is 17.2. The van der Waals surface area contributed by atoms with E-state index in [0.717, 1.165) is 30.6 Å². The average Bonchev–Trinajstić information content (AvgIpc) is 3.23. The molecule has 2 aromatic rings. The van der Waals surface area contributed by atoms with Gasteiger partial charge < -0.3 is 15.0 Å². The van der Waals surface area contributed by atoms with Gasteiger partial charge in [-0.2, -0.15) is 7.05 Å². The summed E-state index contributed by atoms with van der Waals surface area (Å²) in [5.41, 5.74) is 2.28. The van der Waals surface area contributed by atoms with Crippen molar-refractivity contribution in [1.82, 2.24) is 0 Å². The van der Waals surface area contributed by atoms with Gasteiger partial charge in [0.1, 0.15) is 5.82 Å². The molecule has 2 aromatic carbocycles. The molecule has 0 aliphatic carbocycles. The van der Waals surface area contributed by atoms with Gasteiger partial charge in [0.25, 0.3) is 0 Å². The topological polar surface area (TPSA) is 38.9 Å². The van der Waals surface area contributed by atoms with Gasteiger partial charge in [-0.3, -0.25) is 0 Å². The van der Waals surface area contributed by atoms with Crippen molar-refractivity contribution < 1.29 is 38.7 Å². The van der Waals surface area contributed by atoms with Gasteiger partial charge in [0.05, 0.1) is 12.0 Å². The number of ether oxygens (including phenoxy) is 1. The maximum absolute atomic E-state index is 13.9. The summed E-state index contributed by atoms with van der Waals surface area (Å²) in [6, 6.07) is 10.9. The Kier molecular flexibility index (Phi) is 9.12. The fraction of sp³-hybridized carbons (Fsp3) is 0.409. The number of hydrogen-bond acceptors (Lipinski definition) is 3. The van der Waals surface area contributed by atoms with Crippen LogP contribution >= 0.6 is 0 Å². The fourth-order valence-electron chi connectivity index (χ4n) is 3.23. The Morgan fingerprint density at radius 3 is 2.54 bits per heavy atom. The first-order valence-electron chi connectivity index (χ1n) is 9.47. The number of hydrogen-bond donors (Lipinski definition) is 0. The summed E-state index contributed by atoms with van der Waals surface area (Å²) in [5.74, 6) is 0.277. The Morgan fingerprint density at radius 1 is 1.18 bits per heavy atom. The Hall–Kier alpha value is -1.24. The number of benzene rings is 2.